The van der Waals surface area contributed by atoms with Gasteiger partial charge in [-0.25, -0.2) is 4.52 Å². The molecule has 0 amide bonds. The van der Waals surface area contributed by atoms with Crippen LogP contribution in [0.4, 0.5) is 0 Å². The highest BCUT2D eigenvalue weighted by Gasteiger charge is 2.06. The van der Waals surface area contributed by atoms with E-state index < -0.39 is 0 Å². The predicted octanol–water partition coefficient (Wildman–Crippen LogP) is 2.94. The Balaban J connectivity index is 2.03. The van der Waals surface area contributed by atoms with Crippen molar-refractivity contribution in [3.05, 3.63) is 61.2 Å². The summed E-state index contributed by atoms with van der Waals surface area (Å²) in [7, 11) is 0. The molecule has 4 nitrogen and oxygen atoms in total. The van der Waals surface area contributed by atoms with Crippen LogP contribution < -0.4 is 0 Å². The van der Waals surface area contributed by atoms with E-state index in [0.717, 1.165) is 27.7 Å². The van der Waals surface area contributed by atoms with Crippen molar-refractivity contribution in [2.75, 3.05) is 0 Å². The molecule has 19 heavy (non-hydrogen) atoms. The summed E-state index contributed by atoms with van der Waals surface area (Å²) >= 11 is 0. The molecule has 0 radical (unpaired) electrons. The molecule has 4 heterocycles. The molecular weight excluding hydrogens is 236 g/mol. The normalized spacial score (nSPS) is 11.2. The second-order valence-electron chi connectivity index (χ2n) is 4.35. The van der Waals surface area contributed by atoms with E-state index in [4.69, 9.17) is 0 Å². The Morgan fingerprint density at radius 1 is 0.895 bits per heavy atom. The van der Waals surface area contributed by atoms with Crippen molar-refractivity contribution in [1.82, 2.24) is 19.6 Å². The number of aromatic nitrogens is 4. The van der Waals surface area contributed by atoms with Crippen LogP contribution in [0.2, 0.25) is 0 Å². The minimum atomic E-state index is 0.911. The summed E-state index contributed by atoms with van der Waals surface area (Å²) in [4.78, 5) is 8.78. The minimum absolute atomic E-state index is 0.911. The molecule has 0 aliphatic rings. The first-order valence-corrected chi connectivity index (χ1v) is 6.05. The Bertz CT molecular complexity index is 874. The number of nitrogens with zero attached hydrogens (tertiary/aromatic N) is 4. The van der Waals surface area contributed by atoms with E-state index in [1.54, 1.807) is 12.4 Å². The van der Waals surface area contributed by atoms with Crippen molar-refractivity contribution < 1.29 is 0 Å². The lowest BCUT2D eigenvalue weighted by Crippen LogP contribution is -1.89. The fourth-order valence-corrected chi connectivity index (χ4v) is 2.30. The zero-order valence-electron chi connectivity index (χ0n) is 10.1. The molecule has 0 saturated heterocycles. The lowest BCUT2D eigenvalue weighted by Gasteiger charge is -2.05. The summed E-state index contributed by atoms with van der Waals surface area (Å²) in [6.07, 6.45) is 7.37. The van der Waals surface area contributed by atoms with Crippen molar-refractivity contribution in [2.24, 2.45) is 0 Å². The second-order valence-corrected chi connectivity index (χ2v) is 4.35. The smallest absolute Gasteiger partial charge is 0.0964 e. The van der Waals surface area contributed by atoms with Crippen molar-refractivity contribution in [3.8, 4) is 11.1 Å². The minimum Gasteiger partial charge on any atom is -0.255 e. The van der Waals surface area contributed by atoms with E-state index >= 15 is 0 Å². The number of hydrogen-bond acceptors (Lipinski definition) is 3. The van der Waals surface area contributed by atoms with Gasteiger partial charge in [-0.3, -0.25) is 9.97 Å². The molecule has 4 aromatic heterocycles. The van der Waals surface area contributed by atoms with Gasteiger partial charge in [-0.15, -0.1) is 0 Å². The van der Waals surface area contributed by atoms with Gasteiger partial charge in [0.1, 0.15) is 0 Å². The zero-order chi connectivity index (χ0) is 12.7. The predicted molar refractivity (Wildman–Crippen MR) is 73.7 cm³/mol. The van der Waals surface area contributed by atoms with Crippen LogP contribution in [-0.4, -0.2) is 19.6 Å². The van der Waals surface area contributed by atoms with Crippen molar-refractivity contribution in [1.29, 1.82) is 0 Å². The highest BCUT2D eigenvalue weighted by atomic mass is 15.2. The number of rotatable bonds is 1. The summed E-state index contributed by atoms with van der Waals surface area (Å²) in [5, 5.41) is 4.20. The first kappa shape index (κ1) is 10.2. The average molecular weight is 246 g/mol. The molecule has 0 bridgehead atoms. The molecule has 0 aliphatic heterocycles. The molecule has 4 aromatic rings. The third kappa shape index (κ3) is 1.57. The zero-order valence-corrected chi connectivity index (χ0v) is 10.1. The Morgan fingerprint density at radius 2 is 1.89 bits per heavy atom. The number of pyridine rings is 3. The first-order chi connectivity index (χ1) is 9.42. The summed E-state index contributed by atoms with van der Waals surface area (Å²) in [6, 6.07) is 12.0. The molecule has 4 rings (SSSR count). The van der Waals surface area contributed by atoms with Crippen LogP contribution in [-0.2, 0) is 0 Å². The van der Waals surface area contributed by atoms with Gasteiger partial charge >= 0.3 is 0 Å². The van der Waals surface area contributed by atoms with Crippen LogP contribution in [0, 0.1) is 0 Å². The van der Waals surface area contributed by atoms with Gasteiger partial charge in [0.2, 0.25) is 0 Å². The number of hydrogen-bond donors (Lipinski definition) is 0. The van der Waals surface area contributed by atoms with Crippen LogP contribution >= 0.6 is 0 Å². The monoisotopic (exact) mass is 246 g/mol. The molecular formula is C15H10N4. The molecule has 0 unspecified atom stereocenters. The van der Waals surface area contributed by atoms with Gasteiger partial charge in [0.15, 0.2) is 0 Å². The van der Waals surface area contributed by atoms with Crippen molar-refractivity contribution >= 4 is 16.6 Å². The Morgan fingerprint density at radius 3 is 2.89 bits per heavy atom. The van der Waals surface area contributed by atoms with Gasteiger partial charge in [-0.05, 0) is 42.0 Å². The molecule has 0 saturated carbocycles. The maximum atomic E-state index is 4.44. The van der Waals surface area contributed by atoms with Gasteiger partial charge in [0.05, 0.1) is 16.6 Å². The summed E-state index contributed by atoms with van der Waals surface area (Å²) in [6.45, 7) is 0. The molecule has 0 spiro atoms. The van der Waals surface area contributed by atoms with Gasteiger partial charge in [0.25, 0.3) is 0 Å². The fraction of sp³-hybridized carbons (Fsp3) is 0. The molecule has 4 heteroatoms. The van der Waals surface area contributed by atoms with Crippen LogP contribution in [0.1, 0.15) is 0 Å². The summed E-state index contributed by atoms with van der Waals surface area (Å²) in [5.41, 5.74) is 5.12. The molecule has 0 aromatic carbocycles. The Hall–Kier alpha value is -2.75. The fourth-order valence-electron chi connectivity index (χ4n) is 2.30. The first-order valence-electron chi connectivity index (χ1n) is 6.05. The SMILES string of the molecule is c1cnc2c(-c3ccn4nccc4c3)ccnc2c1. The lowest BCUT2D eigenvalue weighted by molar-refractivity contribution is 0.962. The Labute approximate surface area is 109 Å². The van der Waals surface area contributed by atoms with Gasteiger partial charge < -0.3 is 0 Å². The maximum Gasteiger partial charge on any atom is 0.0964 e. The van der Waals surface area contributed by atoms with Crippen LogP contribution in [0.15, 0.2) is 61.2 Å². The van der Waals surface area contributed by atoms with Gasteiger partial charge in [-0.2, -0.15) is 5.10 Å². The molecule has 0 N–H and O–H groups in total. The molecule has 0 fully saturated rings. The highest BCUT2D eigenvalue weighted by Crippen LogP contribution is 2.26. The van der Waals surface area contributed by atoms with Crippen LogP contribution in [0.25, 0.3) is 27.7 Å². The summed E-state index contributed by atoms with van der Waals surface area (Å²) < 4.78 is 1.85. The maximum absolute atomic E-state index is 4.44. The molecule has 0 aliphatic carbocycles. The quantitative estimate of drug-likeness (QED) is 0.518. The Kier molecular flexibility index (Phi) is 2.08. The van der Waals surface area contributed by atoms with Crippen LogP contribution in [0.3, 0.4) is 0 Å². The van der Waals surface area contributed by atoms with Crippen LogP contribution in [0.5, 0.6) is 0 Å². The third-order valence-electron chi connectivity index (χ3n) is 3.21. The van der Waals surface area contributed by atoms with E-state index in [9.17, 15) is 0 Å². The van der Waals surface area contributed by atoms with E-state index in [-0.39, 0.29) is 0 Å². The topological polar surface area (TPSA) is 43.1 Å². The van der Waals surface area contributed by atoms with E-state index in [2.05, 4.69) is 21.1 Å². The second kappa shape index (κ2) is 3.88. The average Bonchev–Trinajstić information content (AvgIpc) is 2.94. The largest absolute Gasteiger partial charge is 0.255 e. The van der Waals surface area contributed by atoms with E-state index in [1.807, 2.05) is 47.2 Å². The highest BCUT2D eigenvalue weighted by molar-refractivity contribution is 5.91. The third-order valence-corrected chi connectivity index (χ3v) is 3.21. The lowest BCUT2D eigenvalue weighted by atomic mass is 10.1. The summed E-state index contributed by atoms with van der Waals surface area (Å²) in [5.74, 6) is 0. The van der Waals surface area contributed by atoms with Crippen molar-refractivity contribution in [3.63, 3.8) is 0 Å². The molecule has 0 atom stereocenters. The standard InChI is InChI=1S/C15H10N4/c1-2-14-15(17-6-1)13(4-7-16-14)11-5-9-19-12(10-11)3-8-18-19/h1-10H. The van der Waals surface area contributed by atoms with Gasteiger partial charge in [-0.1, -0.05) is 0 Å². The van der Waals surface area contributed by atoms with Gasteiger partial charge in [0, 0.05) is 30.4 Å². The van der Waals surface area contributed by atoms with E-state index in [0.29, 0.717) is 0 Å². The molecule has 90 valence electrons. The van der Waals surface area contributed by atoms with Crippen molar-refractivity contribution in [2.45, 2.75) is 0 Å². The van der Waals surface area contributed by atoms with E-state index in [1.165, 1.54) is 0 Å². The number of fused-ring (bicyclic) bond motifs is 2.